The van der Waals surface area contributed by atoms with Gasteiger partial charge < -0.3 is 4.90 Å². The van der Waals surface area contributed by atoms with E-state index in [9.17, 15) is 10.1 Å². The molecule has 1 rings (SSSR count). The summed E-state index contributed by atoms with van der Waals surface area (Å²) in [5.41, 5.74) is 0.537. The van der Waals surface area contributed by atoms with E-state index in [1.807, 2.05) is 4.90 Å². The van der Waals surface area contributed by atoms with E-state index in [1.165, 1.54) is 12.1 Å². The minimum Gasteiger partial charge on any atom is -0.364 e. The van der Waals surface area contributed by atoms with Crippen LogP contribution in [0.4, 0.5) is 11.4 Å². The molecule has 0 spiro atoms. The van der Waals surface area contributed by atoms with Crippen LogP contribution < -0.4 is 4.90 Å². The zero-order chi connectivity index (χ0) is 13.5. The second kappa shape index (κ2) is 6.21. The maximum absolute atomic E-state index is 10.9. The van der Waals surface area contributed by atoms with Crippen LogP contribution in [0.15, 0.2) is 43.5 Å². The monoisotopic (exact) mass is 243 g/mol. The highest BCUT2D eigenvalue weighted by Crippen LogP contribution is 2.25. The summed E-state index contributed by atoms with van der Waals surface area (Å²) in [5.74, 6) is 0. The Bertz CT molecular complexity index is 507. The fourth-order valence-electron chi connectivity index (χ4n) is 1.56. The van der Waals surface area contributed by atoms with Crippen LogP contribution in [0.1, 0.15) is 5.56 Å². The third kappa shape index (κ3) is 2.95. The normalized spacial score (nSPS) is 9.28. The first kappa shape index (κ1) is 13.5. The van der Waals surface area contributed by atoms with Gasteiger partial charge in [-0.1, -0.05) is 12.2 Å². The molecular weight excluding hydrogens is 230 g/mol. The maximum Gasteiger partial charge on any atom is 0.289 e. The minimum absolute atomic E-state index is 0.0564. The molecule has 0 bridgehead atoms. The standard InChI is InChI=1S/C13H13N3O2/c1-3-7-15(8-4-2)12-6-5-11(10-14)13(9-12)16(17)18/h3-6,9H,1-2,7-8H2. The van der Waals surface area contributed by atoms with E-state index in [0.717, 1.165) is 0 Å². The SMILES string of the molecule is C=CCN(CC=C)c1ccc(C#N)c([N+](=O)[O-])c1. The summed E-state index contributed by atoms with van der Waals surface area (Å²) in [7, 11) is 0. The summed E-state index contributed by atoms with van der Waals surface area (Å²) in [5, 5.41) is 19.7. The van der Waals surface area contributed by atoms with Crippen molar-refractivity contribution in [3.63, 3.8) is 0 Å². The number of anilines is 1. The number of hydrogen-bond donors (Lipinski definition) is 0. The van der Waals surface area contributed by atoms with Crippen LogP contribution in [-0.4, -0.2) is 18.0 Å². The number of nitrogens with zero attached hydrogens (tertiary/aromatic N) is 3. The van der Waals surface area contributed by atoms with Crippen molar-refractivity contribution in [3.05, 3.63) is 59.2 Å². The van der Waals surface area contributed by atoms with Gasteiger partial charge in [-0.2, -0.15) is 5.26 Å². The summed E-state index contributed by atoms with van der Waals surface area (Å²) in [6, 6.07) is 6.33. The number of benzene rings is 1. The summed E-state index contributed by atoms with van der Waals surface area (Å²) >= 11 is 0. The first-order chi connectivity index (χ1) is 8.63. The molecule has 0 aliphatic carbocycles. The lowest BCUT2D eigenvalue weighted by Crippen LogP contribution is -2.23. The van der Waals surface area contributed by atoms with Crippen molar-refractivity contribution >= 4 is 11.4 Å². The van der Waals surface area contributed by atoms with Gasteiger partial charge in [0.1, 0.15) is 11.6 Å². The number of rotatable bonds is 6. The van der Waals surface area contributed by atoms with Crippen LogP contribution in [0.3, 0.4) is 0 Å². The molecule has 1 aromatic carbocycles. The molecule has 0 aromatic heterocycles. The van der Waals surface area contributed by atoms with Crippen molar-refractivity contribution in [1.29, 1.82) is 5.26 Å². The molecule has 0 saturated carbocycles. The highest BCUT2D eigenvalue weighted by atomic mass is 16.6. The van der Waals surface area contributed by atoms with Gasteiger partial charge in [0.05, 0.1) is 4.92 Å². The molecule has 5 heteroatoms. The second-order valence-corrected chi connectivity index (χ2v) is 3.55. The Hall–Kier alpha value is -2.61. The molecular formula is C13H13N3O2. The van der Waals surface area contributed by atoms with Crippen LogP contribution in [0.2, 0.25) is 0 Å². The number of nitro groups is 1. The summed E-state index contributed by atoms with van der Waals surface area (Å²) in [4.78, 5) is 12.2. The minimum atomic E-state index is -0.554. The lowest BCUT2D eigenvalue weighted by molar-refractivity contribution is -0.385. The van der Waals surface area contributed by atoms with Crippen LogP contribution in [-0.2, 0) is 0 Å². The molecule has 0 atom stereocenters. The second-order valence-electron chi connectivity index (χ2n) is 3.55. The Morgan fingerprint density at radius 3 is 2.44 bits per heavy atom. The maximum atomic E-state index is 10.9. The molecule has 0 fully saturated rings. The first-order valence-electron chi connectivity index (χ1n) is 5.29. The Labute approximate surface area is 105 Å². The molecule has 0 aliphatic heterocycles. The predicted molar refractivity (Wildman–Crippen MR) is 70.4 cm³/mol. The van der Waals surface area contributed by atoms with E-state index in [-0.39, 0.29) is 11.3 Å². The average molecular weight is 243 g/mol. The zero-order valence-corrected chi connectivity index (χ0v) is 9.87. The Balaban J connectivity index is 3.20. The molecule has 92 valence electrons. The number of nitro benzene ring substituents is 1. The summed E-state index contributed by atoms with van der Waals surface area (Å²) < 4.78 is 0. The van der Waals surface area contributed by atoms with Crippen LogP contribution in [0, 0.1) is 21.4 Å². The van der Waals surface area contributed by atoms with Crippen molar-refractivity contribution in [2.75, 3.05) is 18.0 Å². The van der Waals surface area contributed by atoms with Gasteiger partial charge in [0.25, 0.3) is 5.69 Å². The van der Waals surface area contributed by atoms with Gasteiger partial charge in [-0.15, -0.1) is 13.2 Å². The molecule has 0 saturated heterocycles. The van der Waals surface area contributed by atoms with Gasteiger partial charge in [-0.05, 0) is 12.1 Å². The fourth-order valence-corrected chi connectivity index (χ4v) is 1.56. The third-order valence-corrected chi connectivity index (χ3v) is 2.36. The molecule has 0 aliphatic rings. The fraction of sp³-hybridized carbons (Fsp3) is 0.154. The highest BCUT2D eigenvalue weighted by Gasteiger charge is 2.16. The van der Waals surface area contributed by atoms with Gasteiger partial charge in [0.2, 0.25) is 0 Å². The van der Waals surface area contributed by atoms with Crippen molar-refractivity contribution in [2.24, 2.45) is 0 Å². The van der Waals surface area contributed by atoms with E-state index >= 15 is 0 Å². The first-order valence-corrected chi connectivity index (χ1v) is 5.29. The third-order valence-electron chi connectivity index (χ3n) is 2.36. The smallest absolute Gasteiger partial charge is 0.289 e. The van der Waals surface area contributed by atoms with Gasteiger partial charge in [0.15, 0.2) is 0 Å². The lowest BCUT2D eigenvalue weighted by atomic mass is 10.1. The molecule has 0 unspecified atom stereocenters. The van der Waals surface area contributed by atoms with E-state index in [2.05, 4.69) is 13.2 Å². The predicted octanol–water partition coefficient (Wildman–Crippen LogP) is 2.64. The van der Waals surface area contributed by atoms with E-state index < -0.39 is 4.92 Å². The van der Waals surface area contributed by atoms with E-state index in [1.54, 1.807) is 24.3 Å². The van der Waals surface area contributed by atoms with Crippen LogP contribution in [0.25, 0.3) is 0 Å². The summed E-state index contributed by atoms with van der Waals surface area (Å²) in [6.07, 6.45) is 3.40. The summed E-state index contributed by atoms with van der Waals surface area (Å²) in [6.45, 7) is 8.38. The van der Waals surface area contributed by atoms with Crippen molar-refractivity contribution < 1.29 is 4.92 Å². The largest absolute Gasteiger partial charge is 0.364 e. The number of hydrogen-bond acceptors (Lipinski definition) is 4. The number of nitriles is 1. The zero-order valence-electron chi connectivity index (χ0n) is 9.87. The topological polar surface area (TPSA) is 70.2 Å². The molecule has 18 heavy (non-hydrogen) atoms. The van der Waals surface area contributed by atoms with Crippen molar-refractivity contribution in [1.82, 2.24) is 0 Å². The quantitative estimate of drug-likeness (QED) is 0.437. The molecule has 1 aromatic rings. The molecule has 5 nitrogen and oxygen atoms in total. The Morgan fingerprint density at radius 2 is 2.00 bits per heavy atom. The van der Waals surface area contributed by atoms with Gasteiger partial charge >= 0.3 is 0 Å². The van der Waals surface area contributed by atoms with Crippen LogP contribution in [0.5, 0.6) is 0 Å². The van der Waals surface area contributed by atoms with Gasteiger partial charge in [-0.3, -0.25) is 10.1 Å². The van der Waals surface area contributed by atoms with Crippen molar-refractivity contribution in [2.45, 2.75) is 0 Å². The lowest BCUT2D eigenvalue weighted by Gasteiger charge is -2.21. The average Bonchev–Trinajstić information content (AvgIpc) is 2.37. The van der Waals surface area contributed by atoms with E-state index in [0.29, 0.717) is 18.8 Å². The molecule has 0 radical (unpaired) electrons. The van der Waals surface area contributed by atoms with Gasteiger partial charge in [-0.25, -0.2) is 0 Å². The van der Waals surface area contributed by atoms with Crippen LogP contribution >= 0.6 is 0 Å². The Morgan fingerprint density at radius 1 is 1.39 bits per heavy atom. The molecule has 0 amide bonds. The van der Waals surface area contributed by atoms with Gasteiger partial charge in [0, 0.05) is 24.8 Å². The highest BCUT2D eigenvalue weighted by molar-refractivity contribution is 5.60. The molecule has 0 N–H and O–H groups in total. The Kier molecular flexibility index (Phi) is 4.64. The van der Waals surface area contributed by atoms with Crippen molar-refractivity contribution in [3.8, 4) is 6.07 Å². The molecule has 0 heterocycles. The van der Waals surface area contributed by atoms with E-state index in [4.69, 9.17) is 5.26 Å².